The normalized spacial score (nSPS) is 11.2. The fourth-order valence-corrected chi connectivity index (χ4v) is 2.26. The van der Waals surface area contributed by atoms with E-state index in [-0.39, 0.29) is 5.88 Å². The molecule has 0 N–H and O–H groups in total. The molecule has 0 bridgehead atoms. The monoisotopic (exact) mass is 359 g/mol. The summed E-state index contributed by atoms with van der Waals surface area (Å²) in [5, 5.41) is 21.8. The highest BCUT2D eigenvalue weighted by Gasteiger charge is 2.18. The minimum atomic E-state index is -0.590. The van der Waals surface area contributed by atoms with Gasteiger partial charge in [-0.25, -0.2) is 4.68 Å². The van der Waals surface area contributed by atoms with Gasteiger partial charge >= 0.3 is 5.88 Å². The lowest BCUT2D eigenvalue weighted by atomic mass is 10.2. The summed E-state index contributed by atoms with van der Waals surface area (Å²) in [7, 11) is 3.58. The average molecular weight is 360 g/mol. The molecular weight excluding hydrogens is 346 g/mol. The van der Waals surface area contributed by atoms with Crippen LogP contribution >= 0.6 is 11.6 Å². The van der Waals surface area contributed by atoms with Crippen LogP contribution in [0.4, 0.5) is 5.88 Å². The molecule has 3 rings (SSSR count). The van der Waals surface area contributed by atoms with Gasteiger partial charge in [-0.2, -0.15) is 10.2 Å². The Kier molecular flexibility index (Phi) is 4.53. The van der Waals surface area contributed by atoms with E-state index in [1.54, 1.807) is 48.3 Å². The Hall–Kier alpha value is -3.13. The van der Waals surface area contributed by atoms with Gasteiger partial charge in [0.25, 0.3) is 0 Å². The second-order valence-electron chi connectivity index (χ2n) is 5.34. The Morgan fingerprint density at radius 2 is 2.00 bits per heavy atom. The van der Waals surface area contributed by atoms with Gasteiger partial charge in [0.1, 0.15) is 10.6 Å². The fraction of sp³-hybridized carbons (Fsp3) is 0.125. The first-order valence-corrected chi connectivity index (χ1v) is 7.63. The minimum Gasteiger partial charge on any atom is -0.399 e. The van der Waals surface area contributed by atoms with Crippen molar-refractivity contribution in [1.82, 2.24) is 14.8 Å². The van der Waals surface area contributed by atoms with Crippen molar-refractivity contribution >= 4 is 23.7 Å². The van der Waals surface area contributed by atoms with E-state index < -0.39 is 4.92 Å². The van der Waals surface area contributed by atoms with E-state index >= 15 is 0 Å². The van der Waals surface area contributed by atoms with Crippen LogP contribution in [0.5, 0.6) is 0 Å². The van der Waals surface area contributed by atoms with E-state index in [1.807, 2.05) is 12.1 Å². The number of aromatic nitrogens is 2. The molecule has 2 aromatic heterocycles. The van der Waals surface area contributed by atoms with Gasteiger partial charge in [0.15, 0.2) is 5.76 Å². The number of furan rings is 1. The third-order valence-corrected chi connectivity index (χ3v) is 3.52. The number of hydrogen-bond donors (Lipinski definition) is 0. The molecule has 0 radical (unpaired) electrons. The summed E-state index contributed by atoms with van der Waals surface area (Å²) in [6, 6.07) is 9.95. The van der Waals surface area contributed by atoms with Crippen molar-refractivity contribution in [1.29, 1.82) is 0 Å². The lowest BCUT2D eigenvalue weighted by Crippen LogP contribution is -2.01. The van der Waals surface area contributed by atoms with Crippen LogP contribution < -0.4 is 0 Å². The zero-order valence-electron chi connectivity index (χ0n) is 13.5. The summed E-state index contributed by atoms with van der Waals surface area (Å²) in [5.41, 5.74) is 1.90. The van der Waals surface area contributed by atoms with Gasteiger partial charge in [-0.15, -0.1) is 0 Å². The molecule has 0 fully saturated rings. The number of nitrogens with zero attached hydrogens (tertiary/aromatic N) is 5. The van der Waals surface area contributed by atoms with Crippen molar-refractivity contribution in [3.8, 4) is 17.1 Å². The second kappa shape index (κ2) is 6.78. The van der Waals surface area contributed by atoms with Crippen LogP contribution in [0.3, 0.4) is 0 Å². The second-order valence-corrected chi connectivity index (χ2v) is 5.78. The maximum Gasteiger partial charge on any atom is 0.433 e. The topological polar surface area (TPSA) is 89.7 Å². The van der Waals surface area contributed by atoms with Gasteiger partial charge in [-0.05, 0) is 30.3 Å². The zero-order valence-corrected chi connectivity index (χ0v) is 14.2. The molecule has 25 heavy (non-hydrogen) atoms. The van der Waals surface area contributed by atoms with Crippen molar-refractivity contribution in [2.45, 2.75) is 0 Å². The quantitative estimate of drug-likeness (QED) is 0.394. The lowest BCUT2D eigenvalue weighted by molar-refractivity contribution is -0.401. The first kappa shape index (κ1) is 16.7. The molecule has 0 unspecified atom stereocenters. The molecule has 0 aliphatic heterocycles. The number of benzene rings is 1. The molecule has 0 amide bonds. The van der Waals surface area contributed by atoms with Crippen LogP contribution in [0, 0.1) is 10.1 Å². The maximum atomic E-state index is 10.8. The highest BCUT2D eigenvalue weighted by molar-refractivity contribution is 6.30. The average Bonchev–Trinajstić information content (AvgIpc) is 3.20. The van der Waals surface area contributed by atoms with E-state index in [9.17, 15) is 10.1 Å². The molecule has 0 saturated carbocycles. The van der Waals surface area contributed by atoms with E-state index in [2.05, 4.69) is 10.2 Å². The smallest absolute Gasteiger partial charge is 0.399 e. The van der Waals surface area contributed by atoms with Crippen LogP contribution in [-0.2, 0) is 0 Å². The van der Waals surface area contributed by atoms with E-state index in [0.29, 0.717) is 22.0 Å². The Bertz CT molecular complexity index is 928. The van der Waals surface area contributed by atoms with E-state index in [1.165, 1.54) is 12.1 Å². The first-order chi connectivity index (χ1) is 11.9. The summed E-state index contributed by atoms with van der Waals surface area (Å²) >= 11 is 5.91. The van der Waals surface area contributed by atoms with Crippen molar-refractivity contribution in [2.24, 2.45) is 5.10 Å². The molecule has 128 valence electrons. The number of rotatable bonds is 5. The van der Waals surface area contributed by atoms with Crippen molar-refractivity contribution < 1.29 is 9.34 Å². The molecular formula is C16H14ClN5O3. The molecule has 3 aromatic rings. The fourth-order valence-electron chi connectivity index (χ4n) is 2.13. The highest BCUT2D eigenvalue weighted by atomic mass is 35.5. The summed E-state index contributed by atoms with van der Waals surface area (Å²) in [4.78, 5) is 10.3. The number of hydrogen-bond acceptors (Lipinski definition) is 6. The SMILES string of the molecule is CN(C)N=Cc1cn(-c2ccc(Cl)cc2)nc1-c1ccc([N+](=O)[O-])o1. The molecule has 1 aromatic carbocycles. The molecule has 0 aliphatic rings. The van der Waals surface area contributed by atoms with E-state index in [4.69, 9.17) is 16.0 Å². The van der Waals surface area contributed by atoms with Gasteiger partial charge in [0.2, 0.25) is 0 Å². The molecule has 2 heterocycles. The maximum absolute atomic E-state index is 10.8. The molecule has 0 saturated heterocycles. The predicted molar refractivity (Wildman–Crippen MR) is 94.2 cm³/mol. The standard InChI is InChI=1S/C16H14ClN5O3/c1-20(2)18-9-11-10-21(13-5-3-12(17)4-6-13)19-16(11)14-7-8-15(25-14)22(23)24/h3-10H,1-2H3. The molecule has 0 aliphatic carbocycles. The van der Waals surface area contributed by atoms with Gasteiger partial charge < -0.3 is 9.43 Å². The van der Waals surface area contributed by atoms with Crippen molar-refractivity contribution in [3.05, 3.63) is 63.3 Å². The number of nitro groups is 1. The van der Waals surface area contributed by atoms with Gasteiger partial charge in [-0.3, -0.25) is 10.1 Å². The van der Waals surface area contributed by atoms with Crippen molar-refractivity contribution in [2.75, 3.05) is 14.1 Å². The Balaban J connectivity index is 2.07. The molecule has 0 spiro atoms. The Morgan fingerprint density at radius 1 is 1.28 bits per heavy atom. The van der Waals surface area contributed by atoms with Crippen molar-refractivity contribution in [3.63, 3.8) is 0 Å². The third-order valence-electron chi connectivity index (χ3n) is 3.27. The largest absolute Gasteiger partial charge is 0.433 e. The van der Waals surface area contributed by atoms with Crippen LogP contribution in [0.1, 0.15) is 5.56 Å². The van der Waals surface area contributed by atoms with Gasteiger partial charge in [0, 0.05) is 30.9 Å². The van der Waals surface area contributed by atoms with Crippen LogP contribution in [0.15, 0.2) is 52.1 Å². The number of hydrazone groups is 1. The minimum absolute atomic E-state index is 0.291. The Labute approximate surface area is 148 Å². The molecule has 0 atom stereocenters. The summed E-state index contributed by atoms with van der Waals surface area (Å²) < 4.78 is 6.91. The Morgan fingerprint density at radius 3 is 2.60 bits per heavy atom. The predicted octanol–water partition coefficient (Wildman–Crippen LogP) is 3.59. The summed E-state index contributed by atoms with van der Waals surface area (Å²) in [6.07, 6.45) is 3.38. The summed E-state index contributed by atoms with van der Waals surface area (Å²) in [6.45, 7) is 0. The zero-order chi connectivity index (χ0) is 18.0. The van der Waals surface area contributed by atoms with Gasteiger partial charge in [0.05, 0.1) is 18.0 Å². The number of halogens is 1. The first-order valence-electron chi connectivity index (χ1n) is 7.25. The van der Waals surface area contributed by atoms with Crippen LogP contribution in [0.2, 0.25) is 5.02 Å². The third kappa shape index (κ3) is 3.69. The van der Waals surface area contributed by atoms with Gasteiger partial charge in [-0.1, -0.05) is 11.6 Å². The van der Waals surface area contributed by atoms with E-state index in [0.717, 1.165) is 5.69 Å². The molecule has 8 nitrogen and oxygen atoms in total. The summed E-state index contributed by atoms with van der Waals surface area (Å²) in [5.74, 6) is -0.0499. The highest BCUT2D eigenvalue weighted by Crippen LogP contribution is 2.28. The molecule has 9 heteroatoms. The van der Waals surface area contributed by atoms with Crippen LogP contribution in [0.25, 0.3) is 17.1 Å². The van der Waals surface area contributed by atoms with Crippen LogP contribution in [-0.4, -0.2) is 40.0 Å². The lowest BCUT2D eigenvalue weighted by Gasteiger charge is -2.01.